The van der Waals surface area contributed by atoms with Crippen molar-refractivity contribution in [3.63, 3.8) is 0 Å². The van der Waals surface area contributed by atoms with Gasteiger partial charge in [0, 0.05) is 19.0 Å². The Morgan fingerprint density at radius 1 is 1.65 bits per heavy atom. The van der Waals surface area contributed by atoms with Crippen molar-refractivity contribution < 1.29 is 9.53 Å². The second-order valence-electron chi connectivity index (χ2n) is 3.71. The molecule has 2 N–H and O–H groups in total. The molecule has 0 aliphatic carbocycles. The highest BCUT2D eigenvalue weighted by atomic mass is 16.5. The predicted octanol–water partition coefficient (Wildman–Crippen LogP) is 0.759. The van der Waals surface area contributed by atoms with Gasteiger partial charge in [0.1, 0.15) is 11.5 Å². The van der Waals surface area contributed by atoms with Crippen LogP contribution in [0.15, 0.2) is 16.8 Å². The maximum atomic E-state index is 11.7. The van der Waals surface area contributed by atoms with Gasteiger partial charge in [0.2, 0.25) is 0 Å². The second-order valence-corrected chi connectivity index (χ2v) is 3.71. The number of aliphatic imine (C=N–C) groups is 1. The first-order chi connectivity index (χ1) is 8.11. The van der Waals surface area contributed by atoms with Crippen molar-refractivity contribution in [1.29, 1.82) is 0 Å². The molecule has 2 heterocycles. The molecule has 0 saturated heterocycles. The van der Waals surface area contributed by atoms with E-state index in [0.29, 0.717) is 30.1 Å². The van der Waals surface area contributed by atoms with Crippen molar-refractivity contribution >= 4 is 23.6 Å². The van der Waals surface area contributed by atoms with Crippen LogP contribution in [0.1, 0.15) is 19.0 Å². The molecule has 17 heavy (non-hydrogen) atoms. The predicted molar refractivity (Wildman–Crippen MR) is 63.7 cm³/mol. The highest BCUT2D eigenvalue weighted by Crippen LogP contribution is 2.25. The lowest BCUT2D eigenvalue weighted by atomic mass is 10.1. The minimum atomic E-state index is -0.361. The monoisotopic (exact) mass is 234 g/mol. The number of amidine groups is 1. The van der Waals surface area contributed by atoms with Crippen LogP contribution in [-0.2, 0) is 16.6 Å². The van der Waals surface area contributed by atoms with Gasteiger partial charge in [-0.1, -0.05) is 0 Å². The Labute approximate surface area is 98.8 Å². The maximum absolute atomic E-state index is 11.7. The molecule has 0 amide bonds. The lowest BCUT2D eigenvalue weighted by Gasteiger charge is -2.04. The van der Waals surface area contributed by atoms with Gasteiger partial charge in [-0.3, -0.25) is 4.68 Å². The molecule has 0 aromatic carbocycles. The number of carbonyl (C=O) groups is 1. The fourth-order valence-electron chi connectivity index (χ4n) is 1.65. The van der Waals surface area contributed by atoms with Crippen molar-refractivity contribution in [3.8, 4) is 0 Å². The van der Waals surface area contributed by atoms with E-state index in [4.69, 9.17) is 10.5 Å². The van der Waals surface area contributed by atoms with Gasteiger partial charge in [-0.2, -0.15) is 5.10 Å². The van der Waals surface area contributed by atoms with Crippen molar-refractivity contribution in [3.05, 3.63) is 17.5 Å². The molecular weight excluding hydrogens is 220 g/mol. The van der Waals surface area contributed by atoms with E-state index in [0.717, 1.165) is 5.69 Å². The first-order valence-corrected chi connectivity index (χ1v) is 5.34. The van der Waals surface area contributed by atoms with Crippen molar-refractivity contribution in [2.75, 3.05) is 6.61 Å². The third kappa shape index (κ3) is 2.20. The molecule has 0 spiro atoms. The summed E-state index contributed by atoms with van der Waals surface area (Å²) >= 11 is 0. The van der Waals surface area contributed by atoms with E-state index < -0.39 is 0 Å². The van der Waals surface area contributed by atoms with Gasteiger partial charge >= 0.3 is 5.97 Å². The average Bonchev–Trinajstić information content (AvgIpc) is 2.52. The Bertz CT molecular complexity index is 514. The molecule has 6 heteroatoms. The number of nitrogens with zero attached hydrogens (tertiary/aromatic N) is 3. The van der Waals surface area contributed by atoms with Crippen molar-refractivity contribution in [1.82, 2.24) is 9.78 Å². The number of esters is 1. The first kappa shape index (κ1) is 11.4. The van der Waals surface area contributed by atoms with E-state index in [1.807, 2.05) is 0 Å². The van der Waals surface area contributed by atoms with Crippen LogP contribution in [0.5, 0.6) is 0 Å². The van der Waals surface area contributed by atoms with Crippen LogP contribution in [-0.4, -0.2) is 28.2 Å². The van der Waals surface area contributed by atoms with Gasteiger partial charge in [-0.25, -0.2) is 9.79 Å². The highest BCUT2D eigenvalue weighted by Gasteiger charge is 2.18. The van der Waals surface area contributed by atoms with Crippen LogP contribution in [0.25, 0.3) is 6.08 Å². The molecule has 90 valence electrons. The van der Waals surface area contributed by atoms with E-state index >= 15 is 0 Å². The molecular formula is C11H14N4O2. The van der Waals surface area contributed by atoms with E-state index in [2.05, 4.69) is 10.1 Å². The van der Waals surface area contributed by atoms with E-state index in [9.17, 15) is 4.79 Å². The number of fused-ring (bicyclic) bond motifs is 1. The van der Waals surface area contributed by atoms with Gasteiger partial charge in [0.25, 0.3) is 0 Å². The molecule has 1 aromatic rings. The van der Waals surface area contributed by atoms with Crippen LogP contribution in [0.3, 0.4) is 0 Å². The van der Waals surface area contributed by atoms with Gasteiger partial charge < -0.3 is 10.5 Å². The number of rotatable bonds is 2. The number of ether oxygens (including phenoxy) is 1. The zero-order valence-electron chi connectivity index (χ0n) is 9.80. The minimum Gasteiger partial charge on any atom is -0.463 e. The Balaban J connectivity index is 2.44. The quantitative estimate of drug-likeness (QED) is 0.766. The average molecular weight is 234 g/mol. The first-order valence-electron chi connectivity index (χ1n) is 5.34. The molecule has 0 saturated carbocycles. The summed E-state index contributed by atoms with van der Waals surface area (Å²) in [6, 6.07) is 0. The van der Waals surface area contributed by atoms with Gasteiger partial charge in [-0.15, -0.1) is 0 Å². The maximum Gasteiger partial charge on any atom is 0.334 e. The number of carbonyl (C=O) groups excluding carboxylic acids is 1. The summed E-state index contributed by atoms with van der Waals surface area (Å²) in [4.78, 5) is 15.9. The number of aromatic nitrogens is 2. The van der Waals surface area contributed by atoms with Crippen LogP contribution in [0.2, 0.25) is 0 Å². The molecule has 0 bridgehead atoms. The molecule has 2 rings (SSSR count). The molecule has 1 aromatic heterocycles. The Morgan fingerprint density at radius 2 is 2.41 bits per heavy atom. The van der Waals surface area contributed by atoms with Gasteiger partial charge in [0.15, 0.2) is 0 Å². The largest absolute Gasteiger partial charge is 0.463 e. The fourth-order valence-corrected chi connectivity index (χ4v) is 1.65. The summed E-state index contributed by atoms with van der Waals surface area (Å²) in [5.74, 6) is 0.0238. The molecule has 1 aliphatic rings. The molecule has 0 unspecified atom stereocenters. The summed E-state index contributed by atoms with van der Waals surface area (Å²) in [5.41, 5.74) is 7.67. The normalized spacial score (nSPS) is 14.5. The lowest BCUT2D eigenvalue weighted by Crippen LogP contribution is -2.16. The van der Waals surface area contributed by atoms with Gasteiger partial charge in [0.05, 0.1) is 18.5 Å². The molecule has 6 nitrogen and oxygen atoms in total. The second kappa shape index (κ2) is 4.40. The number of aryl methyl sites for hydroxylation is 1. The van der Waals surface area contributed by atoms with Crippen LogP contribution < -0.4 is 5.73 Å². The highest BCUT2D eigenvalue weighted by molar-refractivity contribution is 6.02. The van der Waals surface area contributed by atoms with E-state index in [1.54, 1.807) is 30.9 Å². The summed E-state index contributed by atoms with van der Waals surface area (Å²) in [7, 11) is 1.79. The fraction of sp³-hybridized carbons (Fsp3) is 0.364. The third-order valence-electron chi connectivity index (χ3n) is 2.45. The summed E-state index contributed by atoms with van der Waals surface area (Å²) in [6.07, 6.45) is 3.64. The molecule has 0 fully saturated rings. The number of nitrogens with two attached hydrogens (primary N) is 1. The smallest absolute Gasteiger partial charge is 0.334 e. The Kier molecular flexibility index (Phi) is 2.95. The number of hydrogen-bond acceptors (Lipinski definition) is 5. The number of hydrogen-bond donors (Lipinski definition) is 1. The van der Waals surface area contributed by atoms with Crippen LogP contribution in [0.4, 0.5) is 5.69 Å². The van der Waals surface area contributed by atoms with Crippen LogP contribution >= 0.6 is 0 Å². The third-order valence-corrected chi connectivity index (χ3v) is 2.45. The molecule has 1 aliphatic heterocycles. The van der Waals surface area contributed by atoms with Crippen LogP contribution in [0, 0.1) is 0 Å². The lowest BCUT2D eigenvalue weighted by molar-refractivity contribution is -0.138. The van der Waals surface area contributed by atoms with Crippen molar-refractivity contribution in [2.24, 2.45) is 17.8 Å². The van der Waals surface area contributed by atoms with Crippen molar-refractivity contribution in [2.45, 2.75) is 13.3 Å². The summed E-state index contributed by atoms with van der Waals surface area (Å²) in [6.45, 7) is 2.10. The summed E-state index contributed by atoms with van der Waals surface area (Å²) in [5, 5.41) is 4.07. The minimum absolute atomic E-state index is 0.299. The standard InChI is InChI=1S/C11H14N4O2/c1-3-17-11(16)7-4-9-8(6-13-15(9)2)14-10(12)5-7/h4,6H,3,5H2,1-2H3,(H2,12,14). The summed E-state index contributed by atoms with van der Waals surface area (Å²) < 4.78 is 6.62. The SMILES string of the molecule is CCOC(=O)C1=Cc2c(cnn2C)N=C(N)C1. The van der Waals surface area contributed by atoms with E-state index in [1.165, 1.54) is 0 Å². The van der Waals surface area contributed by atoms with E-state index in [-0.39, 0.29) is 5.97 Å². The van der Waals surface area contributed by atoms with Gasteiger partial charge in [-0.05, 0) is 13.0 Å². The molecule has 0 radical (unpaired) electrons. The zero-order chi connectivity index (χ0) is 12.4. The topological polar surface area (TPSA) is 82.5 Å². The Morgan fingerprint density at radius 3 is 3.12 bits per heavy atom. The molecule has 0 atom stereocenters. The Hall–Kier alpha value is -2.11. The zero-order valence-corrected chi connectivity index (χ0v) is 9.80.